The number of hydrogen-bond donors (Lipinski definition) is 0. The van der Waals surface area contributed by atoms with Crippen molar-refractivity contribution in [2.24, 2.45) is 5.41 Å². The third-order valence-electron chi connectivity index (χ3n) is 6.02. The summed E-state index contributed by atoms with van der Waals surface area (Å²) >= 11 is 0. The van der Waals surface area contributed by atoms with Crippen molar-refractivity contribution in [3.05, 3.63) is 47.5 Å². The number of amides is 1. The number of likely N-dealkylation sites (tertiary alicyclic amines) is 2. The van der Waals surface area contributed by atoms with Gasteiger partial charge in [-0.1, -0.05) is 36.4 Å². The van der Waals surface area contributed by atoms with Gasteiger partial charge in [-0.3, -0.25) is 4.79 Å². The van der Waals surface area contributed by atoms with Crippen molar-refractivity contribution in [2.75, 3.05) is 32.7 Å². The Kier molecular flexibility index (Phi) is 5.95. The Morgan fingerprint density at radius 2 is 1.96 bits per heavy atom. The molecule has 1 aromatic carbocycles. The van der Waals surface area contributed by atoms with Crippen molar-refractivity contribution >= 4 is 5.91 Å². The van der Waals surface area contributed by atoms with Crippen LogP contribution in [-0.2, 0) is 11.2 Å². The number of aryl methyl sites for hydroxylation is 1. The number of benzene rings is 1. The summed E-state index contributed by atoms with van der Waals surface area (Å²) in [5.41, 5.74) is 2.66. The highest BCUT2D eigenvalue weighted by molar-refractivity contribution is 5.92. The normalized spacial score (nSPS) is 24.9. The van der Waals surface area contributed by atoms with Gasteiger partial charge in [0, 0.05) is 30.6 Å². The van der Waals surface area contributed by atoms with E-state index in [1.54, 1.807) is 0 Å². The highest BCUT2D eigenvalue weighted by Gasteiger charge is 2.42. The maximum absolute atomic E-state index is 12.5. The van der Waals surface area contributed by atoms with E-state index >= 15 is 0 Å². The summed E-state index contributed by atoms with van der Waals surface area (Å²) in [4.78, 5) is 17.2. The van der Waals surface area contributed by atoms with Gasteiger partial charge < -0.3 is 9.80 Å². The summed E-state index contributed by atoms with van der Waals surface area (Å²) in [6, 6.07) is 10.8. The predicted octanol–water partition coefficient (Wildman–Crippen LogP) is 3.90. The predicted molar refractivity (Wildman–Crippen MR) is 103 cm³/mol. The molecule has 1 aromatic rings. The lowest BCUT2D eigenvalue weighted by Crippen LogP contribution is -2.45. The summed E-state index contributed by atoms with van der Waals surface area (Å²) in [6.45, 7) is 9.34. The number of carbonyl (C=O) groups is 1. The average molecular weight is 341 g/mol. The molecule has 2 aliphatic heterocycles. The Morgan fingerprint density at radius 3 is 2.72 bits per heavy atom. The minimum absolute atomic E-state index is 0.237. The van der Waals surface area contributed by atoms with Gasteiger partial charge in [0.2, 0.25) is 5.91 Å². The molecular weight excluding hydrogens is 308 g/mol. The number of allylic oxidation sites excluding steroid dienone is 1. The van der Waals surface area contributed by atoms with Gasteiger partial charge in [0.1, 0.15) is 0 Å². The van der Waals surface area contributed by atoms with Crippen LogP contribution >= 0.6 is 0 Å². The second-order valence-electron chi connectivity index (χ2n) is 7.92. The van der Waals surface area contributed by atoms with Gasteiger partial charge in [-0.05, 0) is 64.6 Å². The Labute approximate surface area is 152 Å². The van der Waals surface area contributed by atoms with Gasteiger partial charge in [-0.25, -0.2) is 0 Å². The minimum atomic E-state index is 0.237. The van der Waals surface area contributed by atoms with Gasteiger partial charge in [0.15, 0.2) is 0 Å². The molecule has 2 aliphatic rings. The van der Waals surface area contributed by atoms with Crippen molar-refractivity contribution in [2.45, 2.75) is 46.0 Å². The van der Waals surface area contributed by atoms with Crippen LogP contribution < -0.4 is 0 Å². The van der Waals surface area contributed by atoms with Crippen LogP contribution in [-0.4, -0.2) is 48.4 Å². The number of hydrogen-bond acceptors (Lipinski definition) is 2. The molecule has 0 N–H and O–H groups in total. The molecule has 25 heavy (non-hydrogen) atoms. The zero-order valence-corrected chi connectivity index (χ0v) is 15.8. The van der Waals surface area contributed by atoms with Crippen molar-refractivity contribution in [3.8, 4) is 0 Å². The number of rotatable bonds is 5. The van der Waals surface area contributed by atoms with E-state index in [0.29, 0.717) is 5.41 Å². The molecule has 3 heteroatoms. The summed E-state index contributed by atoms with van der Waals surface area (Å²) in [7, 11) is 0. The first-order chi connectivity index (χ1) is 12.1. The Balaban J connectivity index is 1.50. The van der Waals surface area contributed by atoms with E-state index in [9.17, 15) is 4.79 Å². The molecule has 0 unspecified atom stereocenters. The van der Waals surface area contributed by atoms with E-state index in [4.69, 9.17) is 0 Å². The fraction of sp³-hybridized carbons (Fsp3) is 0.591. The average Bonchev–Trinajstić information content (AvgIpc) is 3.04. The zero-order valence-electron chi connectivity index (χ0n) is 15.8. The second kappa shape index (κ2) is 8.18. The van der Waals surface area contributed by atoms with Gasteiger partial charge in [-0.2, -0.15) is 0 Å². The fourth-order valence-corrected chi connectivity index (χ4v) is 4.47. The fourth-order valence-electron chi connectivity index (χ4n) is 4.47. The van der Waals surface area contributed by atoms with Gasteiger partial charge >= 0.3 is 0 Å². The Morgan fingerprint density at radius 1 is 1.16 bits per heavy atom. The molecule has 3 nitrogen and oxygen atoms in total. The van der Waals surface area contributed by atoms with Crippen molar-refractivity contribution in [1.29, 1.82) is 0 Å². The third-order valence-corrected chi connectivity index (χ3v) is 6.02. The lowest BCUT2D eigenvalue weighted by atomic mass is 9.79. The zero-order chi connectivity index (χ0) is 17.7. The second-order valence-corrected chi connectivity index (χ2v) is 7.92. The van der Waals surface area contributed by atoms with E-state index in [0.717, 1.165) is 25.1 Å². The van der Waals surface area contributed by atoms with Crippen LogP contribution in [0.25, 0.3) is 0 Å². The van der Waals surface area contributed by atoms with Crippen LogP contribution in [0.15, 0.2) is 42.0 Å². The molecule has 0 bridgehead atoms. The molecule has 2 fully saturated rings. The van der Waals surface area contributed by atoms with Crippen LogP contribution in [0, 0.1) is 5.41 Å². The van der Waals surface area contributed by atoms with E-state index in [1.807, 2.05) is 19.9 Å². The highest BCUT2D eigenvalue weighted by atomic mass is 16.2. The summed E-state index contributed by atoms with van der Waals surface area (Å²) in [5, 5.41) is 0. The number of carbonyl (C=O) groups excluding carboxylic acids is 1. The third kappa shape index (κ3) is 4.52. The molecule has 1 atom stereocenters. The van der Waals surface area contributed by atoms with Crippen LogP contribution in [0.4, 0.5) is 0 Å². The molecule has 1 amide bonds. The smallest absolute Gasteiger partial charge is 0.249 e. The topological polar surface area (TPSA) is 23.6 Å². The van der Waals surface area contributed by atoms with E-state index in [-0.39, 0.29) is 5.91 Å². The first kappa shape index (κ1) is 18.2. The molecule has 3 rings (SSSR count). The molecular formula is C22H32N2O. The molecule has 2 heterocycles. The largest absolute Gasteiger partial charge is 0.338 e. The van der Waals surface area contributed by atoms with Crippen LogP contribution in [0.5, 0.6) is 0 Å². The van der Waals surface area contributed by atoms with E-state index in [1.165, 1.54) is 50.9 Å². The molecule has 136 valence electrons. The number of nitrogens with zero attached hydrogens (tertiary/aromatic N) is 2. The molecule has 0 aromatic heterocycles. The lowest BCUT2D eigenvalue weighted by molar-refractivity contribution is -0.126. The van der Waals surface area contributed by atoms with Crippen molar-refractivity contribution < 1.29 is 4.79 Å². The van der Waals surface area contributed by atoms with Gasteiger partial charge in [0.25, 0.3) is 0 Å². The van der Waals surface area contributed by atoms with E-state index < -0.39 is 0 Å². The lowest BCUT2D eigenvalue weighted by Gasteiger charge is -2.40. The molecule has 0 saturated carbocycles. The Hall–Kier alpha value is -1.61. The van der Waals surface area contributed by atoms with Gasteiger partial charge in [-0.15, -0.1) is 0 Å². The van der Waals surface area contributed by atoms with Crippen LogP contribution in [0.3, 0.4) is 0 Å². The first-order valence-corrected chi connectivity index (χ1v) is 9.80. The molecule has 1 spiro atoms. The Bertz CT molecular complexity index is 610. The first-order valence-electron chi connectivity index (χ1n) is 9.80. The van der Waals surface area contributed by atoms with Crippen molar-refractivity contribution in [3.63, 3.8) is 0 Å². The molecule has 0 aliphatic carbocycles. The number of piperidine rings is 1. The van der Waals surface area contributed by atoms with Crippen LogP contribution in [0.2, 0.25) is 0 Å². The SMILES string of the molecule is C/C=C(\C)C(=O)N1CC[C@@]2(CCCN(CCCc3ccccc3)C2)C1. The minimum Gasteiger partial charge on any atom is -0.338 e. The van der Waals surface area contributed by atoms with Crippen molar-refractivity contribution in [1.82, 2.24) is 9.80 Å². The monoisotopic (exact) mass is 340 g/mol. The maximum atomic E-state index is 12.5. The van der Waals surface area contributed by atoms with E-state index in [2.05, 4.69) is 40.1 Å². The maximum Gasteiger partial charge on any atom is 0.249 e. The quantitative estimate of drug-likeness (QED) is 0.759. The molecule has 2 saturated heterocycles. The van der Waals surface area contributed by atoms with Gasteiger partial charge in [0.05, 0.1) is 0 Å². The summed E-state index contributed by atoms with van der Waals surface area (Å²) in [6.07, 6.45) is 8.04. The van der Waals surface area contributed by atoms with Crippen LogP contribution in [0.1, 0.15) is 45.1 Å². The standard InChI is InChI=1S/C22H32N2O/c1-3-19(2)21(25)24-16-13-22(18-24)12-8-15-23(17-22)14-7-11-20-9-5-4-6-10-20/h3-6,9-10H,7-8,11-18H2,1-2H3/b19-3+/t22-/m1/s1. The summed E-state index contributed by atoms with van der Waals surface area (Å²) in [5.74, 6) is 0.237. The highest BCUT2D eigenvalue weighted by Crippen LogP contribution is 2.39. The summed E-state index contributed by atoms with van der Waals surface area (Å²) < 4.78 is 0. The molecule has 0 radical (unpaired) electrons.